The zero-order chi connectivity index (χ0) is 33.6. The highest BCUT2D eigenvalue weighted by atomic mass is 79.9. The highest BCUT2D eigenvalue weighted by Gasteiger charge is 2.33. The predicted octanol–water partition coefficient (Wildman–Crippen LogP) is 6.55. The quantitative estimate of drug-likeness (QED) is 0.158. The van der Waals surface area contributed by atoms with E-state index in [2.05, 4.69) is 42.1 Å². The number of nitrogens with zero attached hydrogens (tertiary/aromatic N) is 2. The number of esters is 2. The number of hydrogen-bond donors (Lipinski definition) is 3. The molecule has 0 aliphatic carbocycles. The monoisotopic (exact) mass is 792 g/mol. The molecule has 0 spiro atoms. The second kappa shape index (κ2) is 13.0. The molecule has 5 rings (SSSR count). The zero-order valence-corrected chi connectivity index (χ0v) is 29.2. The van der Waals surface area contributed by atoms with Crippen LogP contribution in [0.3, 0.4) is 0 Å². The molecule has 0 amide bonds. The number of phenols is 1. The van der Waals surface area contributed by atoms with Gasteiger partial charge in [-0.25, -0.2) is 19.0 Å². The third-order valence-electron chi connectivity index (χ3n) is 7.41. The fourth-order valence-corrected chi connectivity index (χ4v) is 6.91. The molecule has 0 saturated carbocycles. The van der Waals surface area contributed by atoms with Crippen LogP contribution in [0.15, 0.2) is 67.1 Å². The average Bonchev–Trinajstić information content (AvgIpc) is 3.49. The molecular weight excluding hydrogens is 771 g/mol. The number of hydrogen-bond acceptors (Lipinski definition) is 7. The van der Waals surface area contributed by atoms with E-state index in [0.717, 1.165) is 0 Å². The summed E-state index contributed by atoms with van der Waals surface area (Å²) in [5.41, 5.74) is 0.847. The number of aromatic hydroxyl groups is 1. The number of halogens is 4. The van der Waals surface area contributed by atoms with Crippen LogP contribution >= 0.6 is 55.1 Å². The largest absolute Gasteiger partial charge is 0.506 e. The summed E-state index contributed by atoms with van der Waals surface area (Å²) in [7, 11) is 2.43. The molecule has 0 saturated heterocycles. The van der Waals surface area contributed by atoms with E-state index in [9.17, 15) is 24.3 Å². The molecule has 46 heavy (non-hydrogen) atoms. The SMILES string of the molecule is COC(=O)c1cc(-n2[nH]c(C)c(C(c3cc(Br)cc(Br)c3O)c3c(C)[nH]n(-c4ccc(Cl)c(C(=O)OC)c4)c3=O)c2=O)ccc1Cl. The van der Waals surface area contributed by atoms with E-state index in [4.69, 9.17) is 32.7 Å². The lowest BCUT2D eigenvalue weighted by atomic mass is 9.85. The molecular formula is C31H24Br2Cl2N4O7. The zero-order valence-electron chi connectivity index (χ0n) is 24.5. The van der Waals surface area contributed by atoms with E-state index in [0.29, 0.717) is 20.3 Å². The van der Waals surface area contributed by atoms with E-state index in [1.807, 2.05) is 0 Å². The van der Waals surface area contributed by atoms with Crippen LogP contribution < -0.4 is 11.1 Å². The second-order valence-corrected chi connectivity index (χ2v) is 12.7. The Morgan fingerprint density at radius 1 is 0.783 bits per heavy atom. The van der Waals surface area contributed by atoms with E-state index in [1.165, 1.54) is 47.8 Å². The van der Waals surface area contributed by atoms with E-state index in [1.54, 1.807) is 38.1 Å². The highest BCUT2D eigenvalue weighted by Crippen LogP contribution is 2.42. The first kappa shape index (κ1) is 33.3. The van der Waals surface area contributed by atoms with Crippen molar-refractivity contribution in [2.45, 2.75) is 19.8 Å². The van der Waals surface area contributed by atoms with Gasteiger partial charge in [-0.05, 0) is 78.3 Å². The van der Waals surface area contributed by atoms with Gasteiger partial charge in [0.2, 0.25) is 0 Å². The number of aromatic nitrogens is 4. The van der Waals surface area contributed by atoms with Gasteiger partial charge in [0.15, 0.2) is 0 Å². The summed E-state index contributed by atoms with van der Waals surface area (Å²) in [5, 5.41) is 17.6. The summed E-state index contributed by atoms with van der Waals surface area (Å²) in [6.45, 7) is 3.31. The van der Waals surface area contributed by atoms with Crippen molar-refractivity contribution in [3.63, 3.8) is 0 Å². The number of methoxy groups -OCH3 is 2. The molecule has 0 bridgehead atoms. The molecule has 238 valence electrons. The molecule has 0 radical (unpaired) electrons. The molecule has 0 aliphatic heterocycles. The van der Waals surface area contributed by atoms with E-state index in [-0.39, 0.29) is 55.0 Å². The fourth-order valence-electron chi connectivity index (χ4n) is 5.26. The topological polar surface area (TPSA) is 148 Å². The lowest BCUT2D eigenvalue weighted by molar-refractivity contribution is 0.0592. The number of rotatable bonds is 7. The maximum atomic E-state index is 14.3. The molecule has 0 atom stereocenters. The normalized spacial score (nSPS) is 11.2. The molecule has 5 aromatic rings. The Hall–Kier alpha value is -4.04. The summed E-state index contributed by atoms with van der Waals surface area (Å²) in [6, 6.07) is 12.1. The number of carbonyl (C=O) groups is 2. The van der Waals surface area contributed by atoms with Gasteiger partial charge in [-0.1, -0.05) is 39.1 Å². The molecule has 0 unspecified atom stereocenters. The van der Waals surface area contributed by atoms with Gasteiger partial charge in [-0.3, -0.25) is 19.8 Å². The Morgan fingerprint density at radius 2 is 1.22 bits per heavy atom. The Kier molecular flexibility index (Phi) is 9.41. The van der Waals surface area contributed by atoms with Gasteiger partial charge in [0, 0.05) is 21.4 Å². The van der Waals surface area contributed by atoms with Crippen LogP contribution in [-0.2, 0) is 9.47 Å². The highest BCUT2D eigenvalue weighted by molar-refractivity contribution is 9.11. The van der Waals surface area contributed by atoms with Gasteiger partial charge in [-0.15, -0.1) is 0 Å². The van der Waals surface area contributed by atoms with Crippen molar-refractivity contribution in [2.75, 3.05) is 14.2 Å². The third-order valence-corrected chi connectivity index (χ3v) is 9.13. The second-order valence-electron chi connectivity index (χ2n) is 10.2. The van der Waals surface area contributed by atoms with Crippen LogP contribution in [0.1, 0.15) is 54.7 Å². The summed E-state index contributed by atoms with van der Waals surface area (Å²) in [6.07, 6.45) is 0. The first-order valence-corrected chi connectivity index (χ1v) is 15.7. The van der Waals surface area contributed by atoms with Gasteiger partial charge in [0.1, 0.15) is 5.75 Å². The molecule has 0 aliphatic rings. The Morgan fingerprint density at radius 3 is 1.63 bits per heavy atom. The van der Waals surface area contributed by atoms with E-state index >= 15 is 0 Å². The van der Waals surface area contributed by atoms with Gasteiger partial charge in [0.25, 0.3) is 11.1 Å². The van der Waals surface area contributed by atoms with Crippen LogP contribution in [0.2, 0.25) is 10.0 Å². The van der Waals surface area contributed by atoms with Gasteiger partial charge < -0.3 is 14.6 Å². The molecule has 11 nitrogen and oxygen atoms in total. The first-order chi connectivity index (χ1) is 21.8. The fraction of sp³-hybridized carbons (Fsp3) is 0.161. The van der Waals surface area contributed by atoms with Crippen molar-refractivity contribution in [1.82, 2.24) is 19.6 Å². The Bertz CT molecular complexity index is 2040. The van der Waals surface area contributed by atoms with Gasteiger partial charge >= 0.3 is 11.9 Å². The van der Waals surface area contributed by atoms with Crippen molar-refractivity contribution >= 4 is 67.0 Å². The van der Waals surface area contributed by atoms with Gasteiger partial charge in [0.05, 0.1) is 68.3 Å². The molecule has 2 aromatic heterocycles. The standard InChI is InChI=1S/C31H24Br2Cl2N4O7/c1-13-24(28(41)38(36-13)16-5-7-22(34)18(11-16)30(43)45-3)26(20-9-15(32)10-21(33)27(20)40)25-14(2)37-39(29(25)42)17-6-8-23(35)19(12-17)31(44)46-4/h5-12,26,36-37,40H,1-4H3. The summed E-state index contributed by atoms with van der Waals surface area (Å²) >= 11 is 19.2. The maximum absolute atomic E-state index is 14.3. The number of H-pyrrole nitrogens is 2. The minimum atomic E-state index is -1.11. The number of aromatic amines is 2. The lowest BCUT2D eigenvalue weighted by Crippen LogP contribution is -2.25. The van der Waals surface area contributed by atoms with Crippen molar-refractivity contribution < 1.29 is 24.2 Å². The predicted molar refractivity (Wildman–Crippen MR) is 179 cm³/mol. The molecule has 3 N–H and O–H groups in total. The summed E-state index contributed by atoms with van der Waals surface area (Å²) in [5.74, 6) is -2.67. The van der Waals surface area contributed by atoms with Crippen molar-refractivity contribution in [1.29, 1.82) is 0 Å². The number of benzene rings is 3. The minimum Gasteiger partial charge on any atom is -0.506 e. The van der Waals surface area contributed by atoms with Gasteiger partial charge in [-0.2, -0.15) is 0 Å². The Balaban J connectivity index is 1.79. The summed E-state index contributed by atoms with van der Waals surface area (Å²) < 4.78 is 13.0. The maximum Gasteiger partial charge on any atom is 0.339 e. The average molecular weight is 795 g/mol. The van der Waals surface area contributed by atoms with Crippen LogP contribution in [0, 0.1) is 13.8 Å². The van der Waals surface area contributed by atoms with Crippen molar-refractivity contribution in [3.05, 3.63) is 127 Å². The first-order valence-electron chi connectivity index (χ1n) is 13.4. The molecule has 3 aromatic carbocycles. The smallest absolute Gasteiger partial charge is 0.339 e. The van der Waals surface area contributed by atoms with Crippen LogP contribution in [-0.4, -0.2) is 50.8 Å². The Labute approximate surface area is 287 Å². The number of carbonyl (C=O) groups excluding carboxylic acids is 2. The van der Waals surface area contributed by atoms with E-state index < -0.39 is 29.0 Å². The number of ether oxygens (including phenoxy) is 2. The van der Waals surface area contributed by atoms with Crippen molar-refractivity contribution in [2.24, 2.45) is 0 Å². The number of phenolic OH excluding ortho intramolecular Hbond substituents is 1. The molecule has 2 heterocycles. The number of aryl methyl sites for hydroxylation is 2. The number of nitrogens with one attached hydrogen (secondary N) is 2. The lowest BCUT2D eigenvalue weighted by Gasteiger charge is -2.18. The van der Waals surface area contributed by atoms with Crippen molar-refractivity contribution in [3.8, 4) is 17.1 Å². The van der Waals surface area contributed by atoms with Crippen LogP contribution in [0.4, 0.5) is 0 Å². The van der Waals surface area contributed by atoms with Crippen LogP contribution in [0.25, 0.3) is 11.4 Å². The minimum absolute atomic E-state index is 0.0474. The summed E-state index contributed by atoms with van der Waals surface area (Å²) in [4.78, 5) is 53.2. The molecule has 15 heteroatoms. The molecule has 0 fully saturated rings. The third kappa shape index (κ3) is 5.83. The van der Waals surface area contributed by atoms with Crippen LogP contribution in [0.5, 0.6) is 5.75 Å².